The summed E-state index contributed by atoms with van der Waals surface area (Å²) in [4.78, 5) is 33.3. The zero-order chi connectivity index (χ0) is 15.4. The summed E-state index contributed by atoms with van der Waals surface area (Å²) in [6, 6.07) is -1.34. The van der Waals surface area contributed by atoms with Gasteiger partial charge in [0.05, 0.1) is 13.2 Å². The summed E-state index contributed by atoms with van der Waals surface area (Å²) in [6.45, 7) is 1.14. The van der Waals surface area contributed by atoms with Gasteiger partial charge in [-0.15, -0.1) is 0 Å². The first-order chi connectivity index (χ1) is 9.51. The molecule has 0 aliphatic rings. The predicted molar refractivity (Wildman–Crippen MR) is 73.0 cm³/mol. The van der Waals surface area contributed by atoms with Gasteiger partial charge in [-0.3, -0.25) is 9.59 Å². The highest BCUT2D eigenvalue weighted by Gasteiger charge is 2.18. The van der Waals surface area contributed by atoms with Crippen molar-refractivity contribution < 1.29 is 24.6 Å². The summed E-state index contributed by atoms with van der Waals surface area (Å²) in [6.07, 6.45) is 5.52. The van der Waals surface area contributed by atoms with Gasteiger partial charge >= 0.3 is 5.97 Å². The maximum Gasteiger partial charge on any atom is 0.328 e. The molecule has 0 aromatic rings. The maximum atomic E-state index is 11.4. The molecule has 0 radical (unpaired) electrons. The van der Waals surface area contributed by atoms with Gasteiger partial charge in [-0.2, -0.15) is 0 Å². The van der Waals surface area contributed by atoms with E-state index >= 15 is 0 Å². The van der Waals surface area contributed by atoms with Gasteiger partial charge in [0, 0.05) is 6.42 Å². The Hall–Kier alpha value is -1.63. The number of carbonyl (C=O) groups is 3. The van der Waals surface area contributed by atoms with Crippen molar-refractivity contribution in [3.8, 4) is 0 Å². The standard InChI is InChI=1S/C13H24N2O5/c1-2-3-4-5-6-7-11(17)14-8-12(18)15-10(9-16)13(19)20/h10,16H,2-9H2,1H3,(H,14,17)(H,15,18)(H,19,20)/t10-/m0/s1. The zero-order valence-electron chi connectivity index (χ0n) is 11.9. The zero-order valence-corrected chi connectivity index (χ0v) is 11.9. The van der Waals surface area contributed by atoms with Gasteiger partial charge in [0.25, 0.3) is 0 Å². The fourth-order valence-corrected chi connectivity index (χ4v) is 1.59. The van der Waals surface area contributed by atoms with E-state index in [1.54, 1.807) is 0 Å². The van der Waals surface area contributed by atoms with E-state index in [2.05, 4.69) is 17.6 Å². The Morgan fingerprint density at radius 1 is 1.05 bits per heavy atom. The fraction of sp³-hybridized carbons (Fsp3) is 0.769. The molecule has 0 aliphatic heterocycles. The SMILES string of the molecule is CCCCCCCC(=O)NCC(=O)N[C@@H](CO)C(=O)O. The van der Waals surface area contributed by atoms with Crippen LogP contribution < -0.4 is 10.6 Å². The Labute approximate surface area is 118 Å². The topological polar surface area (TPSA) is 116 Å². The third-order valence-corrected chi connectivity index (χ3v) is 2.77. The largest absolute Gasteiger partial charge is 0.480 e. The highest BCUT2D eigenvalue weighted by atomic mass is 16.4. The molecule has 0 saturated carbocycles. The Kier molecular flexibility index (Phi) is 10.3. The van der Waals surface area contributed by atoms with Crippen molar-refractivity contribution >= 4 is 17.8 Å². The quantitative estimate of drug-likeness (QED) is 0.400. The van der Waals surface area contributed by atoms with Crippen molar-refractivity contribution in [1.82, 2.24) is 10.6 Å². The molecule has 116 valence electrons. The van der Waals surface area contributed by atoms with E-state index in [0.29, 0.717) is 6.42 Å². The molecule has 2 amide bonds. The number of rotatable bonds is 11. The normalized spacial score (nSPS) is 11.7. The van der Waals surface area contributed by atoms with Crippen LogP contribution in [0.3, 0.4) is 0 Å². The molecule has 0 rings (SSSR count). The van der Waals surface area contributed by atoms with Crippen LogP contribution in [-0.2, 0) is 14.4 Å². The molecule has 0 unspecified atom stereocenters. The van der Waals surface area contributed by atoms with Gasteiger partial charge < -0.3 is 20.8 Å². The average molecular weight is 288 g/mol. The third-order valence-electron chi connectivity index (χ3n) is 2.77. The van der Waals surface area contributed by atoms with Crippen LogP contribution in [0.25, 0.3) is 0 Å². The Morgan fingerprint density at radius 3 is 2.25 bits per heavy atom. The molecule has 7 heteroatoms. The molecule has 4 N–H and O–H groups in total. The molecular formula is C13H24N2O5. The van der Waals surface area contributed by atoms with Gasteiger partial charge in [0.15, 0.2) is 0 Å². The summed E-state index contributed by atoms with van der Waals surface area (Å²) >= 11 is 0. The van der Waals surface area contributed by atoms with E-state index in [4.69, 9.17) is 10.2 Å². The van der Waals surface area contributed by atoms with Crippen molar-refractivity contribution in [1.29, 1.82) is 0 Å². The number of amides is 2. The van der Waals surface area contributed by atoms with Gasteiger partial charge in [-0.1, -0.05) is 32.6 Å². The first-order valence-corrected chi connectivity index (χ1v) is 6.91. The van der Waals surface area contributed by atoms with Crippen LogP contribution in [0.15, 0.2) is 0 Å². The van der Waals surface area contributed by atoms with Crippen LogP contribution >= 0.6 is 0 Å². The van der Waals surface area contributed by atoms with Crippen molar-refractivity contribution in [3.63, 3.8) is 0 Å². The van der Waals surface area contributed by atoms with Crippen molar-refractivity contribution in [2.45, 2.75) is 51.5 Å². The highest BCUT2D eigenvalue weighted by Crippen LogP contribution is 2.04. The number of aliphatic hydroxyl groups is 1. The molecule has 0 saturated heterocycles. The molecule has 0 bridgehead atoms. The number of carbonyl (C=O) groups excluding carboxylic acids is 2. The van der Waals surface area contributed by atoms with Crippen molar-refractivity contribution in [2.75, 3.05) is 13.2 Å². The van der Waals surface area contributed by atoms with Gasteiger partial charge in [-0.25, -0.2) is 4.79 Å². The van der Waals surface area contributed by atoms with Crippen LogP contribution in [0.5, 0.6) is 0 Å². The minimum Gasteiger partial charge on any atom is -0.480 e. The molecule has 0 fully saturated rings. The number of aliphatic hydroxyl groups excluding tert-OH is 1. The summed E-state index contributed by atoms with van der Waals surface area (Å²) in [7, 11) is 0. The Bertz CT molecular complexity index is 320. The van der Waals surface area contributed by atoms with E-state index in [0.717, 1.165) is 32.1 Å². The first-order valence-electron chi connectivity index (χ1n) is 6.91. The molecule has 20 heavy (non-hydrogen) atoms. The van der Waals surface area contributed by atoms with E-state index in [1.807, 2.05) is 0 Å². The van der Waals surface area contributed by atoms with E-state index in [9.17, 15) is 14.4 Å². The lowest BCUT2D eigenvalue weighted by Crippen LogP contribution is -2.47. The van der Waals surface area contributed by atoms with Crippen molar-refractivity contribution in [3.05, 3.63) is 0 Å². The van der Waals surface area contributed by atoms with Crippen LogP contribution in [-0.4, -0.2) is 47.2 Å². The number of hydrogen-bond donors (Lipinski definition) is 4. The summed E-state index contributed by atoms with van der Waals surface area (Å²) in [5.74, 6) is -2.18. The number of aliphatic carboxylic acids is 1. The third kappa shape index (κ3) is 9.32. The fourth-order valence-electron chi connectivity index (χ4n) is 1.59. The Balaban J connectivity index is 3.72. The second-order valence-electron chi connectivity index (χ2n) is 4.58. The minimum atomic E-state index is -1.34. The van der Waals surface area contributed by atoms with E-state index in [1.165, 1.54) is 0 Å². The second kappa shape index (κ2) is 11.2. The predicted octanol–water partition coefficient (Wildman–Crippen LogP) is 0.0248. The lowest BCUT2D eigenvalue weighted by molar-refractivity contribution is -0.142. The number of carboxylic acid groups (broad SMARTS) is 1. The monoisotopic (exact) mass is 288 g/mol. The lowest BCUT2D eigenvalue weighted by Gasteiger charge is -2.12. The van der Waals surface area contributed by atoms with Gasteiger partial charge in [-0.05, 0) is 6.42 Å². The number of carboxylic acids is 1. The lowest BCUT2D eigenvalue weighted by atomic mass is 10.1. The molecule has 7 nitrogen and oxygen atoms in total. The van der Waals surface area contributed by atoms with E-state index < -0.39 is 24.5 Å². The average Bonchev–Trinajstić information content (AvgIpc) is 2.41. The van der Waals surface area contributed by atoms with Crippen LogP contribution in [0, 0.1) is 0 Å². The molecule has 0 aromatic heterocycles. The molecule has 0 aliphatic carbocycles. The smallest absolute Gasteiger partial charge is 0.328 e. The molecular weight excluding hydrogens is 264 g/mol. The van der Waals surface area contributed by atoms with Gasteiger partial charge in [0.2, 0.25) is 11.8 Å². The molecule has 1 atom stereocenters. The Morgan fingerprint density at radius 2 is 1.70 bits per heavy atom. The van der Waals surface area contributed by atoms with Crippen molar-refractivity contribution in [2.24, 2.45) is 0 Å². The minimum absolute atomic E-state index is 0.229. The van der Waals surface area contributed by atoms with E-state index in [-0.39, 0.29) is 12.5 Å². The number of hydrogen-bond acceptors (Lipinski definition) is 4. The number of nitrogens with one attached hydrogen (secondary N) is 2. The molecule has 0 heterocycles. The van der Waals surface area contributed by atoms with Crippen LogP contribution in [0.1, 0.15) is 45.4 Å². The number of unbranched alkanes of at least 4 members (excludes halogenated alkanes) is 4. The summed E-state index contributed by atoms with van der Waals surface area (Å²) in [5, 5.41) is 21.9. The van der Waals surface area contributed by atoms with Gasteiger partial charge in [0.1, 0.15) is 6.04 Å². The summed E-state index contributed by atoms with van der Waals surface area (Å²) < 4.78 is 0. The van der Waals surface area contributed by atoms with Crippen LogP contribution in [0.2, 0.25) is 0 Å². The summed E-state index contributed by atoms with van der Waals surface area (Å²) in [5.41, 5.74) is 0. The van der Waals surface area contributed by atoms with Crippen LogP contribution in [0.4, 0.5) is 0 Å². The highest BCUT2D eigenvalue weighted by molar-refractivity contribution is 5.87. The first kappa shape index (κ1) is 18.4. The second-order valence-corrected chi connectivity index (χ2v) is 4.58. The molecule has 0 aromatic carbocycles. The molecule has 0 spiro atoms. The maximum absolute atomic E-state index is 11.4.